The molecule has 10 aromatic rings. The first-order valence-corrected chi connectivity index (χ1v) is 18.9. The predicted octanol–water partition coefficient (Wildman–Crippen LogP) is 6.67. The van der Waals surface area contributed by atoms with Crippen LogP contribution in [0.1, 0.15) is 11.1 Å². The van der Waals surface area contributed by atoms with Crippen LogP contribution in [0.3, 0.4) is 0 Å². The van der Waals surface area contributed by atoms with E-state index in [0.717, 1.165) is 32.8 Å². The van der Waals surface area contributed by atoms with Gasteiger partial charge in [0.25, 0.3) is 0 Å². The van der Waals surface area contributed by atoms with Gasteiger partial charge in [0.15, 0.2) is 21.7 Å². The van der Waals surface area contributed by atoms with Crippen molar-refractivity contribution in [3.8, 4) is 0 Å². The van der Waals surface area contributed by atoms with E-state index in [0.29, 0.717) is 65.2 Å². The molecule has 6 nitrogen and oxygen atoms in total. The number of nitrogens with zero attached hydrogens (tertiary/aromatic N) is 2. The van der Waals surface area contributed by atoms with Crippen molar-refractivity contribution in [1.29, 1.82) is 0 Å². The lowest BCUT2D eigenvalue weighted by molar-refractivity contribution is 1.30. The Hall–Kier alpha value is -5.75. The van der Waals surface area contributed by atoms with Crippen molar-refractivity contribution in [2.45, 2.75) is 13.8 Å². The molecule has 0 atom stereocenters. The minimum absolute atomic E-state index is 0.0781. The molecule has 0 aliphatic rings. The van der Waals surface area contributed by atoms with E-state index < -0.39 is 6.70 Å². The third-order valence-corrected chi connectivity index (χ3v) is 13.5. The second-order valence-corrected chi connectivity index (χ2v) is 16.2. The fourth-order valence-electron chi connectivity index (χ4n) is 8.09. The van der Waals surface area contributed by atoms with Gasteiger partial charge in [0, 0.05) is 32.3 Å². The minimum atomic E-state index is -1.86. The zero-order valence-corrected chi connectivity index (χ0v) is 28.6. The molecular formula is C42H25N2O4PS. The Kier molecular flexibility index (Phi) is 5.92. The molecule has 238 valence electrons. The minimum Gasteiger partial charge on any atom is -0.307 e. The quantitative estimate of drug-likeness (QED) is 0.116. The van der Waals surface area contributed by atoms with Crippen LogP contribution in [-0.2, 0) is 11.8 Å². The molecule has 0 fully saturated rings. The van der Waals surface area contributed by atoms with Crippen molar-refractivity contribution in [1.82, 2.24) is 8.80 Å². The van der Waals surface area contributed by atoms with Crippen molar-refractivity contribution in [3.05, 3.63) is 161 Å². The van der Waals surface area contributed by atoms with Crippen molar-refractivity contribution in [2.75, 3.05) is 0 Å². The summed E-state index contributed by atoms with van der Waals surface area (Å²) in [6.07, 6.45) is 0. The zero-order chi connectivity index (χ0) is 34.2. The van der Waals surface area contributed by atoms with Gasteiger partial charge in [0.1, 0.15) is 0 Å². The first kappa shape index (κ1) is 29.2. The molecule has 0 N–H and O–H groups in total. The fraction of sp³-hybridized carbons (Fsp3) is 0.0476. The maximum atomic E-state index is 14.2. The summed E-state index contributed by atoms with van der Waals surface area (Å²) >= 11 is 6.25. The third-order valence-electron chi connectivity index (χ3n) is 10.4. The van der Waals surface area contributed by atoms with Gasteiger partial charge in [-0.05, 0) is 103 Å². The van der Waals surface area contributed by atoms with Crippen LogP contribution in [0.15, 0.2) is 128 Å². The Bertz CT molecular complexity index is 3230. The van der Waals surface area contributed by atoms with E-state index in [1.54, 1.807) is 0 Å². The van der Waals surface area contributed by atoms with E-state index in [4.69, 9.17) is 11.8 Å². The number of pyridine rings is 4. The van der Waals surface area contributed by atoms with Crippen LogP contribution in [0.25, 0.3) is 76.2 Å². The number of rotatable bonds is 2. The Morgan fingerprint density at radius 2 is 0.840 bits per heavy atom. The molecule has 4 aromatic heterocycles. The molecule has 0 unspecified atom stereocenters. The summed E-state index contributed by atoms with van der Waals surface area (Å²) in [7, 11) is 0. The number of benzene rings is 6. The summed E-state index contributed by atoms with van der Waals surface area (Å²) in [5, 5.41) is 6.05. The van der Waals surface area contributed by atoms with Crippen LogP contribution in [-0.4, -0.2) is 8.80 Å². The Labute approximate surface area is 288 Å². The number of hydrogen-bond donors (Lipinski definition) is 0. The zero-order valence-electron chi connectivity index (χ0n) is 26.8. The van der Waals surface area contributed by atoms with Gasteiger partial charge in [-0.15, -0.1) is 0 Å². The van der Waals surface area contributed by atoms with Crippen LogP contribution >= 0.6 is 6.70 Å². The highest BCUT2D eigenvalue weighted by Crippen LogP contribution is 2.32. The molecule has 0 saturated heterocycles. The highest BCUT2D eigenvalue weighted by molar-refractivity contribution is 8.12. The van der Waals surface area contributed by atoms with Gasteiger partial charge in [-0.3, -0.25) is 19.2 Å². The molecule has 0 amide bonds. The summed E-state index contributed by atoms with van der Waals surface area (Å²) in [5.41, 5.74) is 5.39. The second kappa shape index (κ2) is 10.1. The van der Waals surface area contributed by atoms with Gasteiger partial charge in [0.2, 0.25) is 0 Å². The van der Waals surface area contributed by atoms with Crippen LogP contribution < -0.4 is 32.3 Å². The van der Waals surface area contributed by atoms with Gasteiger partial charge in [-0.1, -0.05) is 60.3 Å². The average molecular weight is 685 g/mol. The van der Waals surface area contributed by atoms with Crippen molar-refractivity contribution in [2.24, 2.45) is 0 Å². The number of fused-ring (bicyclic) bond motifs is 8. The fourth-order valence-corrected chi connectivity index (χ4v) is 10.2. The summed E-state index contributed by atoms with van der Waals surface area (Å²) in [4.78, 5) is 55.6. The normalized spacial score (nSPS) is 12.4. The maximum Gasteiger partial charge on any atom is 0.197 e. The van der Waals surface area contributed by atoms with Gasteiger partial charge < -0.3 is 8.80 Å². The molecular weight excluding hydrogens is 660 g/mol. The highest BCUT2D eigenvalue weighted by Gasteiger charge is 2.21. The molecule has 0 aliphatic heterocycles. The monoisotopic (exact) mass is 684 g/mol. The van der Waals surface area contributed by atoms with Crippen LogP contribution in [0.2, 0.25) is 0 Å². The summed E-state index contributed by atoms with van der Waals surface area (Å²) in [5.74, 6) is 0. The molecule has 8 heteroatoms. The first-order valence-electron chi connectivity index (χ1n) is 16.3. The van der Waals surface area contributed by atoms with Gasteiger partial charge >= 0.3 is 0 Å². The molecule has 0 radical (unpaired) electrons. The molecule has 0 saturated carbocycles. The van der Waals surface area contributed by atoms with Gasteiger partial charge in [-0.25, -0.2) is 0 Å². The summed E-state index contributed by atoms with van der Waals surface area (Å²) < 4.78 is 4.08. The van der Waals surface area contributed by atoms with Crippen molar-refractivity contribution in [3.63, 3.8) is 0 Å². The van der Waals surface area contributed by atoms with Crippen molar-refractivity contribution < 1.29 is 0 Å². The summed E-state index contributed by atoms with van der Waals surface area (Å²) in [6, 6.07) is 34.0. The Balaban J connectivity index is 1.24. The topological polar surface area (TPSA) is 77.1 Å². The van der Waals surface area contributed by atoms with E-state index in [-0.39, 0.29) is 21.7 Å². The third kappa shape index (κ3) is 3.65. The largest absolute Gasteiger partial charge is 0.307 e. The second-order valence-electron chi connectivity index (χ2n) is 13.1. The molecule has 6 aromatic carbocycles. The molecule has 0 bridgehead atoms. The highest BCUT2D eigenvalue weighted by atomic mass is 32.4. The predicted molar refractivity (Wildman–Crippen MR) is 212 cm³/mol. The van der Waals surface area contributed by atoms with E-state index in [2.05, 4.69) is 0 Å². The lowest BCUT2D eigenvalue weighted by Gasteiger charge is -2.17. The van der Waals surface area contributed by atoms with Gasteiger partial charge in [0.05, 0.1) is 43.9 Å². The smallest absolute Gasteiger partial charge is 0.197 e. The molecule has 10 rings (SSSR count). The van der Waals surface area contributed by atoms with E-state index in [9.17, 15) is 19.2 Å². The molecule has 0 aliphatic carbocycles. The molecule has 4 heterocycles. The van der Waals surface area contributed by atoms with E-state index >= 15 is 0 Å². The van der Waals surface area contributed by atoms with Gasteiger partial charge in [-0.2, -0.15) is 0 Å². The SMILES string of the molecule is Cc1ccc2c(=O)c3cc([PH](=S)c4ccc5c(c4)c(=O)c4ccc(C)c6c(=O)c7ccccc7n5c46)ccc3n3c4ccccc4c(=O)c1c23. The summed E-state index contributed by atoms with van der Waals surface area (Å²) in [6.45, 7) is 1.94. The number of hydrogen-bond acceptors (Lipinski definition) is 5. The maximum absolute atomic E-state index is 14.2. The number of aromatic nitrogens is 2. The molecule has 50 heavy (non-hydrogen) atoms. The number of para-hydroxylation sites is 2. The lowest BCUT2D eigenvalue weighted by Crippen LogP contribution is -2.17. The van der Waals surface area contributed by atoms with Crippen LogP contribution in [0.5, 0.6) is 0 Å². The molecule has 0 spiro atoms. The van der Waals surface area contributed by atoms with Crippen molar-refractivity contribution >= 4 is 105 Å². The first-order chi connectivity index (χ1) is 24.2. The number of aryl methyl sites for hydroxylation is 2. The van der Waals surface area contributed by atoms with Crippen LogP contribution in [0.4, 0.5) is 0 Å². The Morgan fingerprint density at radius 3 is 1.28 bits per heavy atom. The lowest BCUT2D eigenvalue weighted by atomic mass is 10.00. The average Bonchev–Trinajstić information content (AvgIpc) is 3.14. The van der Waals surface area contributed by atoms with Crippen LogP contribution in [0, 0.1) is 13.8 Å². The van der Waals surface area contributed by atoms with E-state index in [1.165, 1.54) is 0 Å². The standard InChI is InChI=1S/C42H25N2O4PS/c1-21-11-15-27-37-35(21)41(47)25-7-3-5-9-31(25)43(37)33-17-13-23(19-29(33)39(27)45)49(50)24-14-18-34-30(20-24)40(46)28-16-12-22(2)36-38(28)44(34)32-10-6-4-8-26(32)42(36)48/h3-20,49H,1-2H3. The van der Waals surface area contributed by atoms with E-state index in [1.807, 2.05) is 132 Å². The Morgan fingerprint density at radius 1 is 0.440 bits per heavy atom.